The minimum Gasteiger partial charge on any atom is -0.466 e. The normalized spacial score (nSPS) is 22.2. The van der Waals surface area contributed by atoms with Crippen molar-refractivity contribution in [3.05, 3.63) is 52.6 Å². The molecule has 1 aromatic rings. The van der Waals surface area contributed by atoms with Crippen LogP contribution >= 0.6 is 0 Å². The van der Waals surface area contributed by atoms with Gasteiger partial charge in [0.25, 0.3) is 0 Å². The topological polar surface area (TPSA) is 98.9 Å². The molecule has 1 spiro atoms. The van der Waals surface area contributed by atoms with Crippen molar-refractivity contribution in [3.63, 3.8) is 0 Å². The molecule has 1 atom stereocenters. The molecule has 25 heavy (non-hydrogen) atoms. The second-order valence-electron chi connectivity index (χ2n) is 5.95. The van der Waals surface area contributed by atoms with Gasteiger partial charge in [-0.05, 0) is 19.9 Å². The van der Waals surface area contributed by atoms with E-state index in [9.17, 15) is 14.4 Å². The average Bonchev–Trinajstić information content (AvgIpc) is 2.84. The van der Waals surface area contributed by atoms with Crippen LogP contribution in [0.25, 0.3) is 0 Å². The number of fused-ring (bicyclic) bond motifs is 2. The largest absolute Gasteiger partial charge is 0.466 e. The Morgan fingerprint density at radius 2 is 1.88 bits per heavy atom. The van der Waals surface area contributed by atoms with Crippen molar-refractivity contribution in [3.8, 4) is 0 Å². The number of carbonyl (C=O) groups is 3. The fourth-order valence-electron chi connectivity index (χ4n) is 3.68. The van der Waals surface area contributed by atoms with Gasteiger partial charge in [-0.3, -0.25) is 4.79 Å². The van der Waals surface area contributed by atoms with Crippen LogP contribution in [0.2, 0.25) is 0 Å². The number of anilines is 1. The highest BCUT2D eigenvalue weighted by Gasteiger charge is 2.61. The SMILES string of the molecule is COC(=O)C1=C(N)N(C)c2ccccc2C12C(=O)OC(C)=C2C(C)=O. The van der Waals surface area contributed by atoms with Crippen LogP contribution in [0.5, 0.6) is 0 Å². The molecular formula is C18H18N2O5. The Hall–Kier alpha value is -3.09. The van der Waals surface area contributed by atoms with E-state index in [0.29, 0.717) is 11.3 Å². The molecule has 7 heteroatoms. The number of Topliss-reactive ketones (excluding diaryl/α,β-unsaturated/α-hetero) is 1. The molecule has 0 saturated heterocycles. The van der Waals surface area contributed by atoms with Gasteiger partial charge in [0.2, 0.25) is 0 Å². The number of nitrogens with two attached hydrogens (primary N) is 1. The van der Waals surface area contributed by atoms with Crippen molar-refractivity contribution in [2.24, 2.45) is 5.73 Å². The van der Waals surface area contributed by atoms with Gasteiger partial charge in [-0.2, -0.15) is 0 Å². The van der Waals surface area contributed by atoms with Gasteiger partial charge in [0.15, 0.2) is 11.2 Å². The first kappa shape index (κ1) is 16.8. The van der Waals surface area contributed by atoms with Crippen LogP contribution in [0.15, 0.2) is 47.0 Å². The van der Waals surface area contributed by atoms with Crippen molar-refractivity contribution in [2.45, 2.75) is 19.3 Å². The Morgan fingerprint density at radius 1 is 1.24 bits per heavy atom. The molecule has 2 aliphatic rings. The number of ketones is 1. The van der Waals surface area contributed by atoms with Crippen LogP contribution in [0.4, 0.5) is 5.69 Å². The molecule has 130 valence electrons. The summed E-state index contributed by atoms with van der Waals surface area (Å²) in [7, 11) is 2.87. The number of cyclic esters (lactones) is 1. The first-order chi connectivity index (χ1) is 11.8. The number of nitrogens with zero attached hydrogens (tertiary/aromatic N) is 1. The lowest BCUT2D eigenvalue weighted by atomic mass is 9.65. The fourth-order valence-corrected chi connectivity index (χ4v) is 3.68. The Bertz CT molecular complexity index is 883. The molecule has 0 radical (unpaired) electrons. The molecule has 0 bridgehead atoms. The molecule has 0 saturated carbocycles. The van der Waals surface area contributed by atoms with Crippen LogP contribution in [-0.4, -0.2) is 31.9 Å². The third-order valence-corrected chi connectivity index (χ3v) is 4.68. The van der Waals surface area contributed by atoms with Gasteiger partial charge in [-0.1, -0.05) is 18.2 Å². The summed E-state index contributed by atoms with van der Waals surface area (Å²) in [6, 6.07) is 6.95. The number of ether oxygens (including phenoxy) is 2. The zero-order valence-electron chi connectivity index (χ0n) is 14.4. The lowest BCUT2D eigenvalue weighted by Gasteiger charge is -2.39. The Balaban J connectivity index is 2.51. The molecule has 1 aromatic carbocycles. The van der Waals surface area contributed by atoms with Crippen LogP contribution in [0, 0.1) is 0 Å². The molecular weight excluding hydrogens is 324 g/mol. The van der Waals surface area contributed by atoms with Crippen molar-refractivity contribution >= 4 is 23.4 Å². The number of rotatable bonds is 2. The lowest BCUT2D eigenvalue weighted by molar-refractivity contribution is -0.145. The highest BCUT2D eigenvalue weighted by molar-refractivity contribution is 6.17. The Morgan fingerprint density at radius 3 is 2.48 bits per heavy atom. The van der Waals surface area contributed by atoms with E-state index in [0.717, 1.165) is 0 Å². The molecule has 0 aliphatic carbocycles. The summed E-state index contributed by atoms with van der Waals surface area (Å²) in [6.45, 7) is 2.85. The minimum absolute atomic E-state index is 0.0379. The number of benzene rings is 1. The quantitative estimate of drug-likeness (QED) is 0.805. The van der Waals surface area contributed by atoms with Crippen LogP contribution < -0.4 is 10.6 Å². The van der Waals surface area contributed by atoms with Crippen LogP contribution in [0.1, 0.15) is 19.4 Å². The molecule has 1 unspecified atom stereocenters. The number of carbonyl (C=O) groups excluding carboxylic acids is 3. The monoisotopic (exact) mass is 342 g/mol. The van der Waals surface area contributed by atoms with Gasteiger partial charge in [0, 0.05) is 18.3 Å². The van der Waals surface area contributed by atoms with E-state index >= 15 is 0 Å². The van der Waals surface area contributed by atoms with Gasteiger partial charge in [0.05, 0.1) is 12.7 Å². The second kappa shape index (κ2) is 5.47. The summed E-state index contributed by atoms with van der Waals surface area (Å²) in [5.41, 5.74) is 5.53. The van der Waals surface area contributed by atoms with E-state index in [-0.39, 0.29) is 28.5 Å². The second-order valence-corrected chi connectivity index (χ2v) is 5.95. The highest BCUT2D eigenvalue weighted by Crippen LogP contribution is 2.53. The third-order valence-electron chi connectivity index (χ3n) is 4.68. The number of hydrogen-bond acceptors (Lipinski definition) is 7. The minimum atomic E-state index is -1.73. The van der Waals surface area contributed by atoms with Gasteiger partial charge in [0.1, 0.15) is 17.2 Å². The predicted octanol–water partition coefficient (Wildman–Crippen LogP) is 1.14. The van der Waals surface area contributed by atoms with Crippen LogP contribution in [0.3, 0.4) is 0 Å². The molecule has 7 nitrogen and oxygen atoms in total. The number of hydrogen-bond donors (Lipinski definition) is 1. The van der Waals surface area contributed by atoms with E-state index in [2.05, 4.69) is 0 Å². The zero-order valence-corrected chi connectivity index (χ0v) is 14.4. The van der Waals surface area contributed by atoms with Gasteiger partial charge >= 0.3 is 11.9 Å². The Kier molecular flexibility index (Phi) is 3.67. The lowest BCUT2D eigenvalue weighted by Crippen LogP contribution is -2.49. The van der Waals surface area contributed by atoms with Crippen molar-refractivity contribution in [1.29, 1.82) is 0 Å². The fraction of sp³-hybridized carbons (Fsp3) is 0.278. The number of allylic oxidation sites excluding steroid dienone is 1. The molecule has 2 N–H and O–H groups in total. The van der Waals surface area contributed by atoms with E-state index < -0.39 is 17.4 Å². The summed E-state index contributed by atoms with van der Waals surface area (Å²) < 4.78 is 10.2. The number of esters is 2. The summed E-state index contributed by atoms with van der Waals surface area (Å²) in [4.78, 5) is 39.6. The van der Waals surface area contributed by atoms with Gasteiger partial charge in [-0.25, -0.2) is 9.59 Å². The molecule has 0 aromatic heterocycles. The maximum atomic E-state index is 13.0. The standard InChI is InChI=1S/C18H18N2O5/c1-9(21)13-10(2)25-17(23)18(13)11-7-5-6-8-12(11)20(3)15(19)14(18)16(22)24-4/h5-8H,19H2,1-4H3. The summed E-state index contributed by atoms with van der Waals surface area (Å²) in [5.74, 6) is -1.71. The third kappa shape index (κ3) is 1.95. The first-order valence-electron chi connectivity index (χ1n) is 7.64. The van der Waals surface area contributed by atoms with E-state index in [1.54, 1.807) is 36.2 Å². The van der Waals surface area contributed by atoms with Crippen molar-refractivity contribution < 1.29 is 23.9 Å². The maximum Gasteiger partial charge on any atom is 0.339 e. The van der Waals surface area contributed by atoms with Crippen LogP contribution in [-0.2, 0) is 29.3 Å². The van der Waals surface area contributed by atoms with Gasteiger partial charge in [-0.15, -0.1) is 0 Å². The molecule has 3 rings (SSSR count). The van der Waals surface area contributed by atoms with Gasteiger partial charge < -0.3 is 20.1 Å². The molecule has 2 aliphatic heterocycles. The van der Waals surface area contributed by atoms with E-state index in [1.165, 1.54) is 21.0 Å². The number of para-hydroxylation sites is 1. The summed E-state index contributed by atoms with van der Waals surface area (Å²) in [5, 5.41) is 0. The van der Waals surface area contributed by atoms with Crippen molar-refractivity contribution in [1.82, 2.24) is 0 Å². The number of methoxy groups -OCH3 is 1. The predicted molar refractivity (Wildman–Crippen MR) is 89.2 cm³/mol. The molecule has 0 amide bonds. The maximum absolute atomic E-state index is 13.0. The van der Waals surface area contributed by atoms with E-state index in [4.69, 9.17) is 15.2 Å². The zero-order chi connectivity index (χ0) is 18.5. The highest BCUT2D eigenvalue weighted by atomic mass is 16.5. The molecule has 2 heterocycles. The molecule has 0 fully saturated rings. The average molecular weight is 342 g/mol. The Labute approximate surface area is 144 Å². The van der Waals surface area contributed by atoms with E-state index in [1.807, 2.05) is 0 Å². The van der Waals surface area contributed by atoms with Crippen molar-refractivity contribution in [2.75, 3.05) is 19.1 Å². The summed E-state index contributed by atoms with van der Waals surface area (Å²) >= 11 is 0. The smallest absolute Gasteiger partial charge is 0.339 e. The summed E-state index contributed by atoms with van der Waals surface area (Å²) in [6.07, 6.45) is 0. The first-order valence-corrected chi connectivity index (χ1v) is 7.64.